The number of carbonyl (C=O) groups is 1. The molecule has 0 amide bonds. The molecule has 1 heterocycles. The van der Waals surface area contributed by atoms with Crippen LogP contribution in [0.2, 0.25) is 0 Å². The van der Waals surface area contributed by atoms with Crippen molar-refractivity contribution >= 4 is 17.6 Å². The Kier molecular flexibility index (Phi) is 2.76. The standard InChI is InChI=1S/C7H7ClN2O4/c1-3-2-10(4(8)6(12)13)7(14)9-5(3)11/h2,4H,1H3,(H,12,13)(H,9,11,14). The Morgan fingerprint density at radius 3 is 2.71 bits per heavy atom. The number of alkyl halides is 1. The van der Waals surface area contributed by atoms with Gasteiger partial charge in [0.25, 0.3) is 5.56 Å². The largest absolute Gasteiger partial charge is 0.479 e. The molecule has 6 nitrogen and oxygen atoms in total. The van der Waals surface area contributed by atoms with Gasteiger partial charge < -0.3 is 5.11 Å². The molecule has 1 aromatic rings. The lowest BCUT2D eigenvalue weighted by Crippen LogP contribution is -2.34. The van der Waals surface area contributed by atoms with Gasteiger partial charge in [-0.2, -0.15) is 0 Å². The maximum absolute atomic E-state index is 11.1. The molecule has 1 atom stereocenters. The topological polar surface area (TPSA) is 92.2 Å². The molecule has 0 saturated carbocycles. The molecule has 0 bridgehead atoms. The summed E-state index contributed by atoms with van der Waals surface area (Å²) < 4.78 is 0.737. The van der Waals surface area contributed by atoms with E-state index in [0.29, 0.717) is 0 Å². The summed E-state index contributed by atoms with van der Waals surface area (Å²) in [4.78, 5) is 34.4. The Bertz CT molecular complexity index is 475. The van der Waals surface area contributed by atoms with Crippen molar-refractivity contribution in [3.8, 4) is 0 Å². The Balaban J connectivity index is 3.37. The monoisotopic (exact) mass is 218 g/mol. The van der Waals surface area contributed by atoms with Crippen LogP contribution in [0.25, 0.3) is 0 Å². The van der Waals surface area contributed by atoms with Gasteiger partial charge in [-0.3, -0.25) is 14.3 Å². The molecule has 76 valence electrons. The summed E-state index contributed by atoms with van der Waals surface area (Å²) in [5.41, 5.74) is -2.70. The highest BCUT2D eigenvalue weighted by Crippen LogP contribution is 2.07. The Hall–Kier alpha value is -1.56. The van der Waals surface area contributed by atoms with Gasteiger partial charge in [0.15, 0.2) is 0 Å². The SMILES string of the molecule is Cc1cn(C(Cl)C(=O)O)c(=O)[nH]c1=O. The Morgan fingerprint density at radius 2 is 2.21 bits per heavy atom. The molecule has 7 heteroatoms. The molecule has 0 saturated heterocycles. The van der Waals surface area contributed by atoms with Gasteiger partial charge in [-0.05, 0) is 6.92 Å². The smallest absolute Gasteiger partial charge is 0.342 e. The summed E-state index contributed by atoms with van der Waals surface area (Å²) >= 11 is 5.41. The minimum Gasteiger partial charge on any atom is -0.479 e. The van der Waals surface area contributed by atoms with Crippen LogP contribution in [0.15, 0.2) is 15.8 Å². The van der Waals surface area contributed by atoms with Gasteiger partial charge >= 0.3 is 11.7 Å². The second-order valence-electron chi connectivity index (χ2n) is 2.65. The first-order valence-electron chi connectivity index (χ1n) is 3.62. The van der Waals surface area contributed by atoms with Crippen LogP contribution >= 0.6 is 11.6 Å². The first-order valence-corrected chi connectivity index (χ1v) is 4.06. The predicted octanol–water partition coefficient (Wildman–Crippen LogP) is -0.333. The highest BCUT2D eigenvalue weighted by atomic mass is 35.5. The number of nitrogens with one attached hydrogen (secondary N) is 1. The van der Waals surface area contributed by atoms with Gasteiger partial charge in [-0.1, -0.05) is 11.6 Å². The van der Waals surface area contributed by atoms with Gasteiger partial charge in [0.1, 0.15) is 0 Å². The van der Waals surface area contributed by atoms with Crippen molar-refractivity contribution in [2.45, 2.75) is 12.4 Å². The molecule has 1 rings (SSSR count). The van der Waals surface area contributed by atoms with Crippen molar-refractivity contribution in [1.82, 2.24) is 9.55 Å². The maximum Gasteiger partial charge on any atom is 0.342 e. The van der Waals surface area contributed by atoms with E-state index in [9.17, 15) is 14.4 Å². The number of carboxylic acids is 1. The third-order valence-corrected chi connectivity index (χ3v) is 1.99. The number of halogens is 1. The van der Waals surface area contributed by atoms with E-state index in [4.69, 9.17) is 16.7 Å². The average molecular weight is 219 g/mol. The Morgan fingerprint density at radius 1 is 1.64 bits per heavy atom. The molecule has 14 heavy (non-hydrogen) atoms. The van der Waals surface area contributed by atoms with Crippen molar-refractivity contribution in [2.75, 3.05) is 0 Å². The normalized spacial score (nSPS) is 12.4. The van der Waals surface area contributed by atoms with Crippen LogP contribution in [-0.4, -0.2) is 20.6 Å². The zero-order valence-electron chi connectivity index (χ0n) is 7.15. The van der Waals surface area contributed by atoms with E-state index in [2.05, 4.69) is 0 Å². The number of rotatable bonds is 2. The number of hydrogen-bond acceptors (Lipinski definition) is 3. The number of H-pyrrole nitrogens is 1. The molecule has 2 N–H and O–H groups in total. The zero-order chi connectivity index (χ0) is 10.9. The van der Waals surface area contributed by atoms with E-state index in [0.717, 1.165) is 10.8 Å². The van der Waals surface area contributed by atoms with E-state index < -0.39 is 22.7 Å². The van der Waals surface area contributed by atoms with E-state index in [1.54, 1.807) is 0 Å². The molecule has 0 aliphatic rings. The van der Waals surface area contributed by atoms with Crippen LogP contribution in [-0.2, 0) is 4.79 Å². The van der Waals surface area contributed by atoms with Crippen molar-refractivity contribution in [3.63, 3.8) is 0 Å². The molecule has 0 spiro atoms. The summed E-state index contributed by atoms with van der Waals surface area (Å²) in [6.45, 7) is 1.44. The van der Waals surface area contributed by atoms with Crippen molar-refractivity contribution in [2.24, 2.45) is 0 Å². The zero-order valence-corrected chi connectivity index (χ0v) is 7.91. The minimum atomic E-state index is -1.52. The van der Waals surface area contributed by atoms with Crippen LogP contribution in [0.3, 0.4) is 0 Å². The van der Waals surface area contributed by atoms with Gasteiger partial charge in [0, 0.05) is 11.8 Å². The quantitative estimate of drug-likeness (QED) is 0.665. The van der Waals surface area contributed by atoms with E-state index in [-0.39, 0.29) is 5.56 Å². The third-order valence-electron chi connectivity index (χ3n) is 1.59. The first-order chi connectivity index (χ1) is 6.43. The summed E-state index contributed by atoms with van der Waals surface area (Å²) in [6.07, 6.45) is 1.10. The number of nitrogens with zero attached hydrogens (tertiary/aromatic N) is 1. The van der Waals surface area contributed by atoms with Crippen LogP contribution in [0.5, 0.6) is 0 Å². The highest BCUT2D eigenvalue weighted by molar-refractivity contribution is 6.27. The Labute approximate surface area is 82.8 Å². The van der Waals surface area contributed by atoms with Gasteiger partial charge in [-0.15, -0.1) is 0 Å². The molecular weight excluding hydrogens is 212 g/mol. The van der Waals surface area contributed by atoms with Gasteiger partial charge in [0.2, 0.25) is 5.50 Å². The van der Waals surface area contributed by atoms with Crippen molar-refractivity contribution in [1.29, 1.82) is 0 Å². The molecule has 0 fully saturated rings. The number of aromatic amines is 1. The third kappa shape index (κ3) is 1.85. The van der Waals surface area contributed by atoms with Crippen LogP contribution in [0.1, 0.15) is 11.1 Å². The minimum absolute atomic E-state index is 0.219. The number of hydrogen-bond donors (Lipinski definition) is 2. The number of aryl methyl sites for hydroxylation is 1. The molecule has 0 aromatic carbocycles. The van der Waals surface area contributed by atoms with Crippen LogP contribution in [0, 0.1) is 6.92 Å². The van der Waals surface area contributed by atoms with E-state index >= 15 is 0 Å². The average Bonchev–Trinajstić information content (AvgIpc) is 2.10. The molecule has 0 radical (unpaired) electrons. The number of carboxylic acid groups (broad SMARTS) is 1. The lowest BCUT2D eigenvalue weighted by molar-refractivity contribution is -0.138. The summed E-state index contributed by atoms with van der Waals surface area (Å²) in [6, 6.07) is 0. The fourth-order valence-corrected chi connectivity index (χ4v) is 1.02. The molecular formula is C7H7ClN2O4. The highest BCUT2D eigenvalue weighted by Gasteiger charge is 2.17. The summed E-state index contributed by atoms with van der Waals surface area (Å²) in [7, 11) is 0. The lowest BCUT2D eigenvalue weighted by Gasteiger charge is -2.07. The van der Waals surface area contributed by atoms with Crippen molar-refractivity contribution < 1.29 is 9.90 Å². The lowest BCUT2D eigenvalue weighted by atomic mass is 10.4. The molecule has 1 aromatic heterocycles. The molecule has 0 aliphatic carbocycles. The second kappa shape index (κ2) is 3.67. The van der Waals surface area contributed by atoms with Crippen molar-refractivity contribution in [3.05, 3.63) is 32.6 Å². The fourth-order valence-electron chi connectivity index (χ4n) is 0.874. The van der Waals surface area contributed by atoms with E-state index in [1.807, 2.05) is 4.98 Å². The maximum atomic E-state index is 11.1. The number of aromatic nitrogens is 2. The molecule has 0 aliphatic heterocycles. The first kappa shape index (κ1) is 10.5. The van der Waals surface area contributed by atoms with Gasteiger partial charge in [0.05, 0.1) is 0 Å². The summed E-state index contributed by atoms with van der Waals surface area (Å²) in [5, 5.41) is 8.54. The second-order valence-corrected chi connectivity index (χ2v) is 3.07. The predicted molar refractivity (Wildman–Crippen MR) is 48.6 cm³/mol. The van der Waals surface area contributed by atoms with Crippen LogP contribution < -0.4 is 11.2 Å². The van der Waals surface area contributed by atoms with E-state index in [1.165, 1.54) is 6.92 Å². The number of aliphatic carboxylic acids is 1. The fraction of sp³-hybridized carbons (Fsp3) is 0.286. The van der Waals surface area contributed by atoms with Gasteiger partial charge in [-0.25, -0.2) is 9.59 Å². The van der Waals surface area contributed by atoms with Crippen LogP contribution in [0.4, 0.5) is 0 Å². The summed E-state index contributed by atoms with van der Waals surface area (Å²) in [5.74, 6) is -1.36. The molecule has 1 unspecified atom stereocenters.